The second-order valence-electron chi connectivity index (χ2n) is 4.47. The van der Waals surface area contributed by atoms with Crippen LogP contribution in [0.4, 0.5) is 4.39 Å². The number of hydrogen-bond acceptors (Lipinski definition) is 2. The minimum Gasteiger partial charge on any atom is -0.314 e. The van der Waals surface area contributed by atoms with Crippen LogP contribution in [0.1, 0.15) is 24.9 Å². The Hall–Kier alpha value is 0.230. The average molecular weight is 364 g/mol. The van der Waals surface area contributed by atoms with Gasteiger partial charge in [0.15, 0.2) is 0 Å². The van der Waals surface area contributed by atoms with E-state index in [-0.39, 0.29) is 41.7 Å². The summed E-state index contributed by atoms with van der Waals surface area (Å²) in [5, 5.41) is 3.89. The van der Waals surface area contributed by atoms with Gasteiger partial charge in [-0.15, -0.1) is 24.8 Å². The first-order valence-corrected chi connectivity index (χ1v) is 6.99. The standard InChI is InChI=1S/C13H17Cl2FN2.2ClH/c1-2-11(18-7-5-17-6-8-18)12-9(14)3-4-10(15)13(12)16;;/h3-4,11,17H,2,5-8H2,1H3;2*1H/t11-;;/m0../s1. The molecule has 0 radical (unpaired) electrons. The lowest BCUT2D eigenvalue weighted by Crippen LogP contribution is -2.45. The van der Waals surface area contributed by atoms with Crippen LogP contribution in [0.15, 0.2) is 12.1 Å². The molecule has 1 aromatic rings. The van der Waals surface area contributed by atoms with Crippen molar-refractivity contribution in [2.45, 2.75) is 19.4 Å². The molecule has 0 aliphatic carbocycles. The maximum Gasteiger partial charge on any atom is 0.148 e. The summed E-state index contributed by atoms with van der Waals surface area (Å²) in [5.41, 5.74) is 0.536. The molecule has 1 aliphatic rings. The van der Waals surface area contributed by atoms with Crippen LogP contribution in [0, 0.1) is 5.82 Å². The van der Waals surface area contributed by atoms with Gasteiger partial charge in [-0.3, -0.25) is 4.90 Å². The molecule has 1 N–H and O–H groups in total. The summed E-state index contributed by atoms with van der Waals surface area (Å²) in [5.74, 6) is -0.380. The molecule has 0 amide bonds. The highest BCUT2D eigenvalue weighted by atomic mass is 35.5. The van der Waals surface area contributed by atoms with Crippen molar-refractivity contribution in [3.05, 3.63) is 33.6 Å². The average Bonchev–Trinajstić information content (AvgIpc) is 2.40. The summed E-state index contributed by atoms with van der Waals surface area (Å²) in [7, 11) is 0. The molecule has 2 nitrogen and oxygen atoms in total. The summed E-state index contributed by atoms with van der Waals surface area (Å²) >= 11 is 12.0. The highest BCUT2D eigenvalue weighted by Crippen LogP contribution is 2.35. The van der Waals surface area contributed by atoms with Crippen LogP contribution < -0.4 is 5.32 Å². The van der Waals surface area contributed by atoms with Gasteiger partial charge < -0.3 is 5.32 Å². The monoisotopic (exact) mass is 362 g/mol. The van der Waals surface area contributed by atoms with E-state index in [4.69, 9.17) is 23.2 Å². The molecule has 2 rings (SSSR count). The molecule has 7 heteroatoms. The van der Waals surface area contributed by atoms with Crippen LogP contribution in [0.2, 0.25) is 10.0 Å². The van der Waals surface area contributed by atoms with E-state index in [9.17, 15) is 4.39 Å². The number of hydrogen-bond donors (Lipinski definition) is 1. The van der Waals surface area contributed by atoms with Gasteiger partial charge in [-0.2, -0.15) is 0 Å². The van der Waals surface area contributed by atoms with Crippen molar-refractivity contribution in [1.82, 2.24) is 10.2 Å². The number of nitrogens with one attached hydrogen (secondary N) is 1. The van der Waals surface area contributed by atoms with E-state index in [1.54, 1.807) is 6.07 Å². The molecule has 116 valence electrons. The molecular formula is C13H19Cl4FN2. The summed E-state index contributed by atoms with van der Waals surface area (Å²) in [4.78, 5) is 2.26. The number of piperazine rings is 1. The molecule has 1 heterocycles. The van der Waals surface area contributed by atoms with Crippen LogP contribution in [0.5, 0.6) is 0 Å². The molecule has 1 atom stereocenters. The Morgan fingerprint density at radius 1 is 1.20 bits per heavy atom. The van der Waals surface area contributed by atoms with Gasteiger partial charge in [0.25, 0.3) is 0 Å². The van der Waals surface area contributed by atoms with Gasteiger partial charge in [0.1, 0.15) is 5.82 Å². The van der Waals surface area contributed by atoms with Crippen molar-refractivity contribution in [2.24, 2.45) is 0 Å². The second-order valence-corrected chi connectivity index (χ2v) is 5.28. The summed E-state index contributed by atoms with van der Waals surface area (Å²) < 4.78 is 14.2. The Morgan fingerprint density at radius 2 is 1.75 bits per heavy atom. The fourth-order valence-electron chi connectivity index (χ4n) is 2.49. The minimum absolute atomic E-state index is 0. The van der Waals surface area contributed by atoms with Crippen molar-refractivity contribution in [2.75, 3.05) is 26.2 Å². The Bertz CT molecular complexity index is 425. The van der Waals surface area contributed by atoms with Gasteiger partial charge in [0, 0.05) is 42.8 Å². The Kier molecular flexibility index (Phi) is 9.40. The van der Waals surface area contributed by atoms with E-state index in [1.807, 2.05) is 6.92 Å². The summed E-state index contributed by atoms with van der Waals surface area (Å²) in [6.45, 7) is 5.71. The van der Waals surface area contributed by atoms with Crippen LogP contribution in [0.25, 0.3) is 0 Å². The quantitative estimate of drug-likeness (QED) is 0.804. The molecule has 0 spiro atoms. The van der Waals surface area contributed by atoms with Gasteiger partial charge in [-0.05, 0) is 18.6 Å². The number of benzene rings is 1. The largest absolute Gasteiger partial charge is 0.314 e. The molecule has 0 bridgehead atoms. The normalized spacial score (nSPS) is 17.0. The second kappa shape index (κ2) is 9.29. The fourth-order valence-corrected chi connectivity index (χ4v) is 2.92. The molecule has 1 saturated heterocycles. The maximum absolute atomic E-state index is 14.2. The predicted octanol–water partition coefficient (Wildman–Crippen LogP) is 4.33. The third-order valence-electron chi connectivity index (χ3n) is 3.39. The van der Waals surface area contributed by atoms with Gasteiger partial charge in [-0.25, -0.2) is 4.39 Å². The lowest BCUT2D eigenvalue weighted by Gasteiger charge is -2.35. The minimum atomic E-state index is -0.380. The highest BCUT2D eigenvalue weighted by Gasteiger charge is 2.26. The predicted molar refractivity (Wildman–Crippen MR) is 88.4 cm³/mol. The molecule has 0 saturated carbocycles. The topological polar surface area (TPSA) is 15.3 Å². The zero-order valence-corrected chi connectivity index (χ0v) is 14.3. The van der Waals surface area contributed by atoms with Crippen LogP contribution in [0.3, 0.4) is 0 Å². The SMILES string of the molecule is CC[C@@H](c1c(Cl)ccc(Cl)c1F)N1CCNCC1.Cl.Cl. The third-order valence-corrected chi connectivity index (χ3v) is 4.01. The van der Waals surface area contributed by atoms with Crippen molar-refractivity contribution < 1.29 is 4.39 Å². The Balaban J connectivity index is 0.00000180. The summed E-state index contributed by atoms with van der Waals surface area (Å²) in [6.07, 6.45) is 0.816. The molecule has 0 unspecified atom stereocenters. The van der Waals surface area contributed by atoms with Crippen molar-refractivity contribution >= 4 is 48.0 Å². The van der Waals surface area contributed by atoms with Crippen LogP contribution in [-0.2, 0) is 0 Å². The van der Waals surface area contributed by atoms with Gasteiger partial charge in [-0.1, -0.05) is 30.1 Å². The summed E-state index contributed by atoms with van der Waals surface area (Å²) in [6, 6.07) is 3.18. The fraction of sp³-hybridized carbons (Fsp3) is 0.538. The van der Waals surface area contributed by atoms with E-state index in [1.165, 1.54) is 6.07 Å². The lowest BCUT2D eigenvalue weighted by atomic mass is 10.0. The molecule has 1 aliphatic heterocycles. The number of halogens is 5. The number of rotatable bonds is 3. The zero-order valence-electron chi connectivity index (χ0n) is 11.2. The van der Waals surface area contributed by atoms with Gasteiger partial charge >= 0.3 is 0 Å². The third kappa shape index (κ3) is 4.36. The van der Waals surface area contributed by atoms with E-state index >= 15 is 0 Å². The van der Waals surface area contributed by atoms with Crippen molar-refractivity contribution in [3.8, 4) is 0 Å². The molecule has 1 fully saturated rings. The lowest BCUT2D eigenvalue weighted by molar-refractivity contribution is 0.166. The molecule has 0 aromatic heterocycles. The first-order chi connectivity index (χ1) is 8.65. The van der Waals surface area contributed by atoms with Crippen LogP contribution in [-0.4, -0.2) is 31.1 Å². The Morgan fingerprint density at radius 3 is 2.30 bits per heavy atom. The van der Waals surface area contributed by atoms with E-state index in [0.29, 0.717) is 10.6 Å². The zero-order chi connectivity index (χ0) is 13.1. The molecule has 1 aromatic carbocycles. The van der Waals surface area contributed by atoms with E-state index < -0.39 is 0 Å². The van der Waals surface area contributed by atoms with Gasteiger partial charge in [0.05, 0.1) is 5.02 Å². The first-order valence-electron chi connectivity index (χ1n) is 6.23. The number of nitrogens with zero attached hydrogens (tertiary/aromatic N) is 1. The molecule has 20 heavy (non-hydrogen) atoms. The smallest absolute Gasteiger partial charge is 0.148 e. The highest BCUT2D eigenvalue weighted by molar-refractivity contribution is 6.33. The van der Waals surface area contributed by atoms with Crippen molar-refractivity contribution in [3.63, 3.8) is 0 Å². The Labute approximate surface area is 141 Å². The van der Waals surface area contributed by atoms with Crippen molar-refractivity contribution in [1.29, 1.82) is 0 Å². The van der Waals surface area contributed by atoms with E-state index in [2.05, 4.69) is 10.2 Å². The molecular weight excluding hydrogens is 345 g/mol. The first kappa shape index (κ1) is 20.2. The maximum atomic E-state index is 14.2. The van der Waals surface area contributed by atoms with Gasteiger partial charge in [0.2, 0.25) is 0 Å². The van der Waals surface area contributed by atoms with Crippen LogP contribution >= 0.6 is 48.0 Å². The van der Waals surface area contributed by atoms with E-state index in [0.717, 1.165) is 32.6 Å².